The molecule has 0 spiro atoms. The number of carbonyl (C=O) groups excluding carboxylic acids is 1. The Kier molecular flexibility index (Phi) is 4.96. The number of rotatable bonds is 3. The molecule has 0 aliphatic carbocycles. The molecule has 0 aliphatic heterocycles. The van der Waals surface area contributed by atoms with Crippen molar-refractivity contribution in [3.05, 3.63) is 70.5 Å². The number of hydrogen-bond acceptors (Lipinski definition) is 3. The number of benzene rings is 1. The van der Waals surface area contributed by atoms with Crippen molar-refractivity contribution >= 4 is 11.6 Å². The van der Waals surface area contributed by atoms with E-state index in [1.165, 1.54) is 28.9 Å². The van der Waals surface area contributed by atoms with Crippen molar-refractivity contribution in [2.75, 3.05) is 5.43 Å². The highest BCUT2D eigenvalue weighted by atomic mass is 35.5. The number of carbonyl (C=O) groups is 1. The first kappa shape index (κ1) is 14.6. The molecule has 7 heteroatoms. The quantitative estimate of drug-likeness (QED) is 0.412. The predicted octanol–water partition coefficient (Wildman–Crippen LogP) is -1.73. The maximum atomic E-state index is 11.8. The highest BCUT2D eigenvalue weighted by Crippen LogP contribution is 2.11. The molecule has 0 atom stereocenters. The van der Waals surface area contributed by atoms with Gasteiger partial charge in [-0.15, -0.1) is 5.43 Å². The van der Waals surface area contributed by atoms with Crippen LogP contribution in [0.5, 0.6) is 0 Å². The normalized spacial score (nSPS) is 9.26. The summed E-state index contributed by atoms with van der Waals surface area (Å²) in [6.45, 7) is 0. The second kappa shape index (κ2) is 6.46. The van der Waals surface area contributed by atoms with E-state index in [9.17, 15) is 14.9 Å². The Morgan fingerprint density at radius 3 is 2.21 bits per heavy atom. The highest BCUT2D eigenvalue weighted by molar-refractivity contribution is 5.98. The minimum atomic E-state index is -0.506. The molecule has 1 aromatic heterocycles. The Hall–Kier alpha value is -2.47. The summed E-state index contributed by atoms with van der Waals surface area (Å²) in [6.07, 6.45) is 3.37. The molecule has 0 saturated carbocycles. The van der Waals surface area contributed by atoms with Crippen LogP contribution in [0.3, 0.4) is 0 Å². The van der Waals surface area contributed by atoms with Gasteiger partial charge in [0.15, 0.2) is 12.4 Å². The number of nitro benzene ring substituents is 1. The second-order valence-electron chi connectivity index (χ2n) is 3.53. The monoisotopic (exact) mass is 279 g/mol. The fourth-order valence-electron chi connectivity index (χ4n) is 1.39. The molecule has 0 saturated heterocycles. The summed E-state index contributed by atoms with van der Waals surface area (Å²) in [5.41, 5.74) is 2.93. The van der Waals surface area contributed by atoms with Gasteiger partial charge >= 0.3 is 5.91 Å². The Morgan fingerprint density at radius 1 is 1.11 bits per heavy atom. The van der Waals surface area contributed by atoms with Gasteiger partial charge in [-0.25, -0.2) is 0 Å². The number of hydrogen-bond donors (Lipinski definition) is 1. The van der Waals surface area contributed by atoms with Crippen molar-refractivity contribution in [2.24, 2.45) is 0 Å². The summed E-state index contributed by atoms with van der Waals surface area (Å²) in [5.74, 6) is -0.332. The first-order valence-corrected chi connectivity index (χ1v) is 5.19. The van der Waals surface area contributed by atoms with Crippen molar-refractivity contribution in [3.63, 3.8) is 0 Å². The van der Waals surface area contributed by atoms with Gasteiger partial charge in [0, 0.05) is 29.8 Å². The van der Waals surface area contributed by atoms with Gasteiger partial charge in [0.25, 0.3) is 5.69 Å². The van der Waals surface area contributed by atoms with E-state index in [4.69, 9.17) is 0 Å². The topological polar surface area (TPSA) is 76.1 Å². The average Bonchev–Trinajstić information content (AvgIpc) is 2.40. The molecule has 1 heterocycles. The van der Waals surface area contributed by atoms with Crippen LogP contribution in [-0.4, -0.2) is 10.8 Å². The maximum Gasteiger partial charge on any atom is 0.305 e. The Bertz CT molecular complexity index is 573. The van der Waals surface area contributed by atoms with Crippen LogP contribution in [0, 0.1) is 10.1 Å². The summed E-state index contributed by atoms with van der Waals surface area (Å²) in [4.78, 5) is 21.8. The predicted molar refractivity (Wildman–Crippen MR) is 63.4 cm³/mol. The first-order chi connectivity index (χ1) is 8.66. The van der Waals surface area contributed by atoms with E-state index < -0.39 is 4.92 Å². The number of nitrogens with zero attached hydrogens (tertiary/aromatic N) is 2. The third-order valence-electron chi connectivity index (χ3n) is 2.29. The zero-order valence-electron chi connectivity index (χ0n) is 9.69. The fourth-order valence-corrected chi connectivity index (χ4v) is 1.39. The number of nitrogens with one attached hydrogen (secondary N) is 1. The molecule has 0 unspecified atom stereocenters. The van der Waals surface area contributed by atoms with Crippen molar-refractivity contribution < 1.29 is 26.8 Å². The zero-order valence-corrected chi connectivity index (χ0v) is 10.4. The molecule has 19 heavy (non-hydrogen) atoms. The molecular weight excluding hydrogens is 270 g/mol. The molecule has 1 N–H and O–H groups in total. The van der Waals surface area contributed by atoms with E-state index in [1.807, 2.05) is 6.07 Å². The van der Waals surface area contributed by atoms with Crippen LogP contribution >= 0.6 is 0 Å². The van der Waals surface area contributed by atoms with Gasteiger partial charge in [0.05, 0.1) is 4.92 Å². The molecule has 0 radical (unpaired) electrons. The van der Waals surface area contributed by atoms with Crippen LogP contribution in [0.4, 0.5) is 5.69 Å². The standard InChI is InChI=1S/C12H9N3O3.ClH/c16-12(13-14-8-2-1-3-9-14)10-4-6-11(7-5-10)15(17)18;/h1-9H;1H. The fraction of sp³-hybridized carbons (Fsp3) is 0. The number of halogens is 1. The van der Waals surface area contributed by atoms with E-state index in [-0.39, 0.29) is 24.0 Å². The number of non-ortho nitro benzene ring substituents is 1. The molecule has 1 amide bonds. The summed E-state index contributed by atoms with van der Waals surface area (Å²) in [6, 6.07) is 10.8. The lowest BCUT2D eigenvalue weighted by Crippen LogP contribution is -3.00. The largest absolute Gasteiger partial charge is 1.00 e. The van der Waals surface area contributed by atoms with Gasteiger partial charge < -0.3 is 12.4 Å². The minimum Gasteiger partial charge on any atom is -1.00 e. The Labute approximate surface area is 115 Å². The van der Waals surface area contributed by atoms with Crippen molar-refractivity contribution in [3.8, 4) is 0 Å². The smallest absolute Gasteiger partial charge is 0.305 e. The average molecular weight is 280 g/mol. The molecule has 1 aromatic carbocycles. The SMILES string of the molecule is O=C(N[n+]1ccccc1)c1ccc([N+](=O)[O-])cc1.[Cl-]. The van der Waals surface area contributed by atoms with Crippen molar-refractivity contribution in [1.82, 2.24) is 0 Å². The highest BCUT2D eigenvalue weighted by Gasteiger charge is 2.12. The van der Waals surface area contributed by atoms with E-state index in [2.05, 4.69) is 5.43 Å². The third kappa shape index (κ3) is 3.75. The second-order valence-corrected chi connectivity index (χ2v) is 3.53. The van der Waals surface area contributed by atoms with Crippen LogP contribution in [0.25, 0.3) is 0 Å². The summed E-state index contributed by atoms with van der Waals surface area (Å²) in [7, 11) is 0. The van der Waals surface area contributed by atoms with Crippen LogP contribution in [0.2, 0.25) is 0 Å². The molecule has 2 aromatic rings. The Balaban J connectivity index is 0.00000180. The summed E-state index contributed by atoms with van der Waals surface area (Å²) < 4.78 is 1.50. The lowest BCUT2D eigenvalue weighted by molar-refractivity contribution is -0.641. The summed E-state index contributed by atoms with van der Waals surface area (Å²) in [5, 5.41) is 10.5. The summed E-state index contributed by atoms with van der Waals surface area (Å²) >= 11 is 0. The van der Waals surface area contributed by atoms with Gasteiger partial charge in [-0.3, -0.25) is 14.9 Å². The van der Waals surface area contributed by atoms with Crippen LogP contribution in [-0.2, 0) is 0 Å². The molecule has 0 fully saturated rings. The molecule has 6 nitrogen and oxygen atoms in total. The van der Waals surface area contributed by atoms with E-state index in [0.717, 1.165) is 0 Å². The van der Waals surface area contributed by atoms with E-state index >= 15 is 0 Å². The van der Waals surface area contributed by atoms with Crippen molar-refractivity contribution in [2.45, 2.75) is 0 Å². The number of nitro groups is 1. The van der Waals surface area contributed by atoms with Crippen LogP contribution in [0.15, 0.2) is 54.9 Å². The van der Waals surface area contributed by atoms with Gasteiger partial charge in [0.2, 0.25) is 0 Å². The van der Waals surface area contributed by atoms with Crippen LogP contribution in [0.1, 0.15) is 10.4 Å². The lowest BCUT2D eigenvalue weighted by atomic mass is 10.2. The number of aromatic nitrogens is 1. The molecule has 0 aliphatic rings. The van der Waals surface area contributed by atoms with Crippen molar-refractivity contribution in [1.29, 1.82) is 0 Å². The first-order valence-electron chi connectivity index (χ1n) is 5.19. The molecule has 2 rings (SSSR count). The van der Waals surface area contributed by atoms with Gasteiger partial charge in [-0.2, -0.15) is 0 Å². The third-order valence-corrected chi connectivity index (χ3v) is 2.29. The van der Waals surface area contributed by atoms with E-state index in [1.54, 1.807) is 24.5 Å². The number of amides is 1. The molecule has 98 valence electrons. The lowest BCUT2D eigenvalue weighted by Gasteiger charge is -1.99. The van der Waals surface area contributed by atoms with E-state index in [0.29, 0.717) is 5.56 Å². The molecular formula is C12H10ClN3O3. The van der Waals surface area contributed by atoms with Gasteiger partial charge in [-0.05, 0) is 12.1 Å². The number of pyridine rings is 1. The molecule has 0 bridgehead atoms. The zero-order chi connectivity index (χ0) is 13.0. The van der Waals surface area contributed by atoms with Gasteiger partial charge in [-0.1, -0.05) is 10.7 Å². The van der Waals surface area contributed by atoms with Gasteiger partial charge in [0.1, 0.15) is 0 Å². The minimum absolute atomic E-state index is 0. The maximum absolute atomic E-state index is 11.8. The Morgan fingerprint density at radius 2 is 1.68 bits per heavy atom. The van der Waals surface area contributed by atoms with Crippen LogP contribution < -0.4 is 22.5 Å².